The average molecular weight is 266 g/mol. The summed E-state index contributed by atoms with van der Waals surface area (Å²) >= 11 is 2.23. The Kier molecular flexibility index (Phi) is 15.3. The number of aliphatic carboxylic acids is 2. The molecule has 0 radical (unpaired) electrons. The Labute approximate surface area is 134 Å². The number of carbonyl (C=O) groups is 2. The molecular formula is C6H11KO5S2. The maximum Gasteiger partial charge on any atom is 1.00 e. The largest absolute Gasteiger partial charge is 1.00 e. The molecule has 0 saturated carbocycles. The third-order valence-electron chi connectivity index (χ3n) is 1.00. The molecule has 0 aromatic rings. The Bertz CT molecular complexity index is 224. The van der Waals surface area contributed by atoms with Crippen LogP contribution in [0.15, 0.2) is 9.81 Å². The van der Waals surface area contributed by atoms with Gasteiger partial charge in [-0.1, -0.05) is 0 Å². The Morgan fingerprint density at radius 1 is 1.07 bits per heavy atom. The summed E-state index contributed by atoms with van der Waals surface area (Å²) in [6.45, 7) is 0. The van der Waals surface area contributed by atoms with E-state index in [0.717, 1.165) is 23.5 Å². The fourth-order valence-corrected chi connectivity index (χ4v) is 1.98. The predicted molar refractivity (Wildman–Crippen MR) is 54.1 cm³/mol. The summed E-state index contributed by atoms with van der Waals surface area (Å²) in [6.07, 6.45) is 3.27. The summed E-state index contributed by atoms with van der Waals surface area (Å²) < 4.78 is 0.301. The number of rotatable bonds is 4. The molecule has 0 aliphatic heterocycles. The van der Waals surface area contributed by atoms with Gasteiger partial charge in [-0.25, -0.2) is 9.59 Å². The average Bonchev–Trinajstić information content (AvgIpc) is 1.98. The van der Waals surface area contributed by atoms with Gasteiger partial charge in [-0.2, -0.15) is 0 Å². The number of thioether (sulfide) groups is 2. The van der Waals surface area contributed by atoms with Crippen LogP contribution in [0.3, 0.4) is 0 Å². The van der Waals surface area contributed by atoms with Crippen LogP contribution in [0.4, 0.5) is 0 Å². The van der Waals surface area contributed by atoms with Gasteiger partial charge < -0.3 is 17.1 Å². The molecule has 0 fully saturated rings. The van der Waals surface area contributed by atoms with Gasteiger partial charge in [0.1, 0.15) is 0 Å². The van der Waals surface area contributed by atoms with E-state index in [2.05, 4.69) is 0 Å². The Hall–Kier alpha value is 0.976. The maximum absolute atomic E-state index is 10.4. The van der Waals surface area contributed by atoms with Gasteiger partial charge in [-0.05, 0) is 12.5 Å². The van der Waals surface area contributed by atoms with Gasteiger partial charge in [0.05, 0.1) is 4.24 Å². The normalized spacial score (nSPS) is 7.86. The molecule has 4 N–H and O–H groups in total. The van der Waals surface area contributed by atoms with Gasteiger partial charge >= 0.3 is 63.3 Å². The first-order valence-corrected chi connectivity index (χ1v) is 5.28. The molecule has 0 rings (SSSR count). The van der Waals surface area contributed by atoms with Crippen LogP contribution < -0.4 is 51.4 Å². The summed E-state index contributed by atoms with van der Waals surface area (Å²) in [7, 11) is 0. The van der Waals surface area contributed by atoms with Crippen molar-refractivity contribution in [1.29, 1.82) is 0 Å². The zero-order chi connectivity index (χ0) is 9.72. The van der Waals surface area contributed by atoms with E-state index in [-0.39, 0.29) is 58.3 Å². The molecule has 0 saturated heterocycles. The molecule has 8 heteroatoms. The van der Waals surface area contributed by atoms with E-state index in [9.17, 15) is 9.59 Å². The van der Waals surface area contributed by atoms with Gasteiger partial charge in [-0.15, -0.1) is 23.5 Å². The minimum atomic E-state index is -1.40. The second-order valence-corrected chi connectivity index (χ2v) is 3.57. The fraction of sp³-hybridized carbons (Fsp3) is 0.333. The predicted octanol–water partition coefficient (Wildman–Crippen LogP) is -2.61. The quantitative estimate of drug-likeness (QED) is 0.250. The topological polar surface area (TPSA) is 106 Å². The van der Waals surface area contributed by atoms with E-state index < -0.39 is 17.5 Å². The van der Waals surface area contributed by atoms with Crippen molar-refractivity contribution in [3.8, 4) is 0 Å². The van der Waals surface area contributed by atoms with Gasteiger partial charge in [0.2, 0.25) is 0 Å². The van der Waals surface area contributed by atoms with Gasteiger partial charge in [0.15, 0.2) is 5.57 Å². The van der Waals surface area contributed by atoms with Gasteiger partial charge in [0.25, 0.3) is 0 Å². The van der Waals surface area contributed by atoms with Crippen molar-refractivity contribution in [2.75, 3.05) is 12.5 Å². The van der Waals surface area contributed by atoms with Crippen molar-refractivity contribution in [1.82, 2.24) is 0 Å². The van der Waals surface area contributed by atoms with Crippen LogP contribution in [-0.2, 0) is 9.59 Å². The van der Waals surface area contributed by atoms with Crippen LogP contribution >= 0.6 is 23.5 Å². The second-order valence-electron chi connectivity index (χ2n) is 1.68. The summed E-state index contributed by atoms with van der Waals surface area (Å²) in [6, 6.07) is 0. The standard InChI is InChI=1S/C6H8O4S2.K.H2O.H/c1-11-6(12-2)3(4(7)8)5(9)10;;;/h1-2H3,(H,7,8)(H,9,10);;1H2;/q;+1;;-1. The Balaban J connectivity index is -0.000000202. The van der Waals surface area contributed by atoms with E-state index in [0.29, 0.717) is 4.24 Å². The zero-order valence-electron chi connectivity index (χ0n) is 9.03. The van der Waals surface area contributed by atoms with Crippen LogP contribution in [0, 0.1) is 0 Å². The molecule has 0 spiro atoms. The van der Waals surface area contributed by atoms with Crippen molar-refractivity contribution < 1.29 is 78.1 Å². The number of hydrogen-bond acceptors (Lipinski definition) is 4. The minimum Gasteiger partial charge on any atom is -1.00 e. The smallest absolute Gasteiger partial charge is 1.00 e. The molecule has 0 aromatic heterocycles. The van der Waals surface area contributed by atoms with Crippen molar-refractivity contribution in [2.24, 2.45) is 0 Å². The molecule has 78 valence electrons. The Morgan fingerprint density at radius 2 is 1.36 bits per heavy atom. The molecule has 0 aromatic carbocycles. The summed E-state index contributed by atoms with van der Waals surface area (Å²) in [5.74, 6) is -2.80. The number of hydrogen-bond donors (Lipinski definition) is 2. The molecule has 0 heterocycles. The van der Waals surface area contributed by atoms with Crippen molar-refractivity contribution in [2.45, 2.75) is 0 Å². The maximum atomic E-state index is 10.4. The molecule has 0 amide bonds. The fourth-order valence-electron chi connectivity index (χ4n) is 0.554. The van der Waals surface area contributed by atoms with Crippen molar-refractivity contribution in [3.63, 3.8) is 0 Å². The molecule has 0 aliphatic rings. The molecule has 5 nitrogen and oxygen atoms in total. The van der Waals surface area contributed by atoms with Crippen LogP contribution in [-0.4, -0.2) is 40.1 Å². The minimum absolute atomic E-state index is 0. The van der Waals surface area contributed by atoms with Crippen LogP contribution in [0.1, 0.15) is 1.43 Å². The molecule has 0 bridgehead atoms. The first-order valence-electron chi connectivity index (χ1n) is 2.83. The van der Waals surface area contributed by atoms with Crippen LogP contribution in [0.25, 0.3) is 0 Å². The number of carboxylic acids is 2. The van der Waals surface area contributed by atoms with Crippen molar-refractivity contribution in [3.05, 3.63) is 9.81 Å². The van der Waals surface area contributed by atoms with Crippen LogP contribution in [0.5, 0.6) is 0 Å². The zero-order valence-corrected chi connectivity index (χ0v) is 12.8. The second kappa shape index (κ2) is 10.5. The molecule has 14 heavy (non-hydrogen) atoms. The molecule has 0 unspecified atom stereocenters. The van der Waals surface area contributed by atoms with Gasteiger partial charge in [-0.3, -0.25) is 0 Å². The first-order chi connectivity index (χ1) is 5.54. The van der Waals surface area contributed by atoms with Crippen molar-refractivity contribution >= 4 is 35.5 Å². The Morgan fingerprint density at radius 3 is 1.43 bits per heavy atom. The third kappa shape index (κ3) is 6.46. The molecule has 0 atom stereocenters. The SMILES string of the molecule is CSC(SC)=C(C(=O)O)C(=O)O.O.[H-].[K+]. The van der Waals surface area contributed by atoms with Gasteiger partial charge in [0, 0.05) is 0 Å². The van der Waals surface area contributed by atoms with E-state index >= 15 is 0 Å². The monoisotopic (exact) mass is 266 g/mol. The van der Waals surface area contributed by atoms with E-state index in [4.69, 9.17) is 10.2 Å². The molecular weight excluding hydrogens is 255 g/mol. The van der Waals surface area contributed by atoms with E-state index in [1.807, 2.05) is 0 Å². The molecule has 0 aliphatic carbocycles. The summed E-state index contributed by atoms with van der Waals surface area (Å²) in [5, 5.41) is 17.0. The number of carboxylic acid groups (broad SMARTS) is 2. The third-order valence-corrected chi connectivity index (χ3v) is 3.15. The van der Waals surface area contributed by atoms with Crippen LogP contribution in [0.2, 0.25) is 0 Å². The summed E-state index contributed by atoms with van der Waals surface area (Å²) in [4.78, 5) is 20.9. The first kappa shape index (κ1) is 20.4. The summed E-state index contributed by atoms with van der Waals surface area (Å²) in [5.41, 5.74) is -0.560. The van der Waals surface area contributed by atoms with E-state index in [1.165, 1.54) is 0 Å². The van der Waals surface area contributed by atoms with E-state index in [1.54, 1.807) is 12.5 Å².